The third-order valence-corrected chi connectivity index (χ3v) is 3.75. The Morgan fingerprint density at radius 3 is 2.67 bits per heavy atom. The summed E-state index contributed by atoms with van der Waals surface area (Å²) in [5.41, 5.74) is 0.465. The first-order valence-corrected chi connectivity index (χ1v) is 5.78. The Labute approximate surface area is 92.0 Å². The average molecular weight is 208 g/mol. The number of rotatable bonds is 3. The molecule has 2 aliphatic rings. The topological polar surface area (TPSA) is 36.3 Å². The summed E-state index contributed by atoms with van der Waals surface area (Å²) in [6, 6.07) is 2.33. The summed E-state index contributed by atoms with van der Waals surface area (Å²) in [6.07, 6.45) is 3.18. The van der Waals surface area contributed by atoms with E-state index in [1.54, 1.807) is 0 Å². The summed E-state index contributed by atoms with van der Waals surface area (Å²) in [7, 11) is 0. The SMILES string of the molecule is CC1(C)COCCN1CC1(CC#N)CC1. The van der Waals surface area contributed by atoms with Crippen molar-refractivity contribution in [2.75, 3.05) is 26.3 Å². The molecule has 0 bridgehead atoms. The van der Waals surface area contributed by atoms with Crippen LogP contribution in [0.3, 0.4) is 0 Å². The number of ether oxygens (including phenoxy) is 1. The number of nitrogens with zero attached hydrogens (tertiary/aromatic N) is 2. The van der Waals surface area contributed by atoms with Crippen LogP contribution in [0.25, 0.3) is 0 Å². The minimum absolute atomic E-state index is 0.142. The monoisotopic (exact) mass is 208 g/mol. The maximum absolute atomic E-state index is 8.81. The molecule has 1 saturated carbocycles. The van der Waals surface area contributed by atoms with Gasteiger partial charge in [-0.3, -0.25) is 4.90 Å². The lowest BCUT2D eigenvalue weighted by Crippen LogP contribution is -2.54. The Morgan fingerprint density at radius 2 is 2.13 bits per heavy atom. The predicted molar refractivity (Wildman–Crippen MR) is 58.4 cm³/mol. The summed E-state index contributed by atoms with van der Waals surface area (Å²) in [5.74, 6) is 0. The van der Waals surface area contributed by atoms with E-state index in [1.807, 2.05) is 0 Å². The van der Waals surface area contributed by atoms with Crippen LogP contribution in [0.15, 0.2) is 0 Å². The normalized spacial score (nSPS) is 28.3. The number of hydrogen-bond acceptors (Lipinski definition) is 3. The van der Waals surface area contributed by atoms with E-state index in [0.717, 1.165) is 32.7 Å². The highest BCUT2D eigenvalue weighted by Gasteiger charge is 2.46. The second kappa shape index (κ2) is 3.77. The highest BCUT2D eigenvalue weighted by molar-refractivity contribution is 5.03. The first-order chi connectivity index (χ1) is 7.08. The Hall–Kier alpha value is -0.590. The van der Waals surface area contributed by atoms with Gasteiger partial charge in [0.15, 0.2) is 0 Å². The van der Waals surface area contributed by atoms with Gasteiger partial charge in [-0.05, 0) is 32.1 Å². The van der Waals surface area contributed by atoms with Gasteiger partial charge in [0.05, 0.1) is 19.3 Å². The molecule has 1 aliphatic carbocycles. The lowest BCUT2D eigenvalue weighted by Gasteiger charge is -2.43. The summed E-state index contributed by atoms with van der Waals surface area (Å²) in [4.78, 5) is 2.50. The van der Waals surface area contributed by atoms with Gasteiger partial charge in [-0.25, -0.2) is 0 Å². The molecule has 0 spiro atoms. The minimum Gasteiger partial charge on any atom is -0.378 e. The molecule has 3 heteroatoms. The first-order valence-electron chi connectivity index (χ1n) is 5.78. The summed E-state index contributed by atoms with van der Waals surface area (Å²) in [5, 5.41) is 8.81. The molecule has 84 valence electrons. The van der Waals surface area contributed by atoms with Crippen LogP contribution >= 0.6 is 0 Å². The molecular formula is C12H20N2O. The average Bonchev–Trinajstić information content (AvgIpc) is 2.90. The number of morpholine rings is 1. The van der Waals surface area contributed by atoms with Crippen molar-refractivity contribution in [3.05, 3.63) is 0 Å². The molecular weight excluding hydrogens is 188 g/mol. The van der Waals surface area contributed by atoms with Gasteiger partial charge in [0, 0.05) is 25.0 Å². The Bertz CT molecular complexity index is 276. The Morgan fingerprint density at radius 1 is 1.40 bits per heavy atom. The van der Waals surface area contributed by atoms with Gasteiger partial charge in [-0.1, -0.05) is 0 Å². The van der Waals surface area contributed by atoms with Gasteiger partial charge >= 0.3 is 0 Å². The van der Waals surface area contributed by atoms with Gasteiger partial charge in [0.2, 0.25) is 0 Å². The summed E-state index contributed by atoms with van der Waals surface area (Å²) >= 11 is 0. The highest BCUT2D eigenvalue weighted by Crippen LogP contribution is 2.50. The lowest BCUT2D eigenvalue weighted by molar-refractivity contribution is -0.0589. The van der Waals surface area contributed by atoms with Crippen molar-refractivity contribution in [3.63, 3.8) is 0 Å². The van der Waals surface area contributed by atoms with Crippen molar-refractivity contribution in [1.82, 2.24) is 4.90 Å². The molecule has 0 amide bonds. The van der Waals surface area contributed by atoms with Crippen LogP contribution in [0.1, 0.15) is 33.1 Å². The largest absolute Gasteiger partial charge is 0.378 e. The smallest absolute Gasteiger partial charge is 0.0645 e. The lowest BCUT2D eigenvalue weighted by atomic mass is 9.96. The highest BCUT2D eigenvalue weighted by atomic mass is 16.5. The van der Waals surface area contributed by atoms with Crippen molar-refractivity contribution in [1.29, 1.82) is 5.26 Å². The molecule has 1 heterocycles. The van der Waals surface area contributed by atoms with Crippen molar-refractivity contribution < 1.29 is 4.74 Å². The molecule has 0 radical (unpaired) electrons. The van der Waals surface area contributed by atoms with Gasteiger partial charge < -0.3 is 4.74 Å². The van der Waals surface area contributed by atoms with Gasteiger partial charge in [-0.15, -0.1) is 0 Å². The van der Waals surface area contributed by atoms with E-state index >= 15 is 0 Å². The van der Waals surface area contributed by atoms with Crippen LogP contribution < -0.4 is 0 Å². The molecule has 1 aliphatic heterocycles. The van der Waals surface area contributed by atoms with E-state index in [0.29, 0.717) is 5.41 Å². The van der Waals surface area contributed by atoms with Crippen LogP contribution in [0.2, 0.25) is 0 Å². The van der Waals surface area contributed by atoms with E-state index < -0.39 is 0 Å². The zero-order valence-electron chi connectivity index (χ0n) is 9.75. The molecule has 0 aromatic heterocycles. The fraction of sp³-hybridized carbons (Fsp3) is 0.917. The van der Waals surface area contributed by atoms with E-state index in [-0.39, 0.29) is 5.54 Å². The van der Waals surface area contributed by atoms with E-state index in [9.17, 15) is 0 Å². The van der Waals surface area contributed by atoms with Crippen LogP contribution in [-0.4, -0.2) is 36.7 Å². The van der Waals surface area contributed by atoms with E-state index in [4.69, 9.17) is 10.00 Å². The summed E-state index contributed by atoms with van der Waals surface area (Å²) in [6.45, 7) is 8.21. The third-order valence-electron chi connectivity index (χ3n) is 3.75. The fourth-order valence-electron chi connectivity index (χ4n) is 2.32. The maximum atomic E-state index is 8.81. The van der Waals surface area contributed by atoms with E-state index in [2.05, 4.69) is 24.8 Å². The number of nitriles is 1. The van der Waals surface area contributed by atoms with Crippen LogP contribution in [-0.2, 0) is 4.74 Å². The van der Waals surface area contributed by atoms with E-state index in [1.165, 1.54) is 12.8 Å². The van der Waals surface area contributed by atoms with Crippen molar-refractivity contribution in [3.8, 4) is 6.07 Å². The van der Waals surface area contributed by atoms with Crippen molar-refractivity contribution in [2.24, 2.45) is 5.41 Å². The van der Waals surface area contributed by atoms with Crippen LogP contribution in [0.5, 0.6) is 0 Å². The second-order valence-electron chi connectivity index (χ2n) is 5.62. The quantitative estimate of drug-likeness (QED) is 0.709. The van der Waals surface area contributed by atoms with Gasteiger partial charge in [0.1, 0.15) is 0 Å². The van der Waals surface area contributed by atoms with Crippen molar-refractivity contribution in [2.45, 2.75) is 38.6 Å². The third kappa shape index (κ3) is 2.32. The first kappa shape index (κ1) is 10.9. The minimum atomic E-state index is 0.142. The Balaban J connectivity index is 1.96. The molecule has 3 nitrogen and oxygen atoms in total. The molecule has 0 N–H and O–H groups in total. The van der Waals surface area contributed by atoms with Gasteiger partial charge in [0.25, 0.3) is 0 Å². The molecule has 2 fully saturated rings. The predicted octanol–water partition coefficient (Wildman–Crippen LogP) is 1.79. The molecule has 15 heavy (non-hydrogen) atoms. The zero-order valence-corrected chi connectivity index (χ0v) is 9.75. The molecule has 1 saturated heterocycles. The molecule has 0 aromatic rings. The van der Waals surface area contributed by atoms with Crippen molar-refractivity contribution >= 4 is 0 Å². The Kier molecular flexibility index (Phi) is 2.74. The van der Waals surface area contributed by atoms with Crippen LogP contribution in [0.4, 0.5) is 0 Å². The fourth-order valence-corrected chi connectivity index (χ4v) is 2.32. The molecule has 0 aromatic carbocycles. The summed E-state index contributed by atoms with van der Waals surface area (Å²) < 4.78 is 5.50. The van der Waals surface area contributed by atoms with Crippen LogP contribution in [0, 0.1) is 16.7 Å². The second-order valence-corrected chi connectivity index (χ2v) is 5.62. The molecule has 0 atom stereocenters. The van der Waals surface area contributed by atoms with Gasteiger partial charge in [-0.2, -0.15) is 5.26 Å². The molecule has 2 rings (SSSR count). The standard InChI is InChI=1S/C12H20N2O/c1-11(2)10-15-8-7-14(11)9-12(3-4-12)5-6-13/h3-5,7-10H2,1-2H3. The zero-order chi connectivity index (χ0) is 10.9. The number of hydrogen-bond donors (Lipinski definition) is 0. The molecule has 0 unspecified atom stereocenters. The maximum Gasteiger partial charge on any atom is 0.0645 e.